The van der Waals surface area contributed by atoms with E-state index in [2.05, 4.69) is 57.2 Å². The number of amides is 10. The van der Waals surface area contributed by atoms with Crippen molar-refractivity contribution in [1.29, 1.82) is 0 Å². The number of carboxylic acids is 1. The number of aromatic hydroxyl groups is 1. The van der Waals surface area contributed by atoms with Gasteiger partial charge < -0.3 is 68.7 Å². The summed E-state index contributed by atoms with van der Waals surface area (Å²) in [6.07, 6.45) is 9.59. The Kier molecular flexibility index (Phi) is 26.6. The first-order valence-corrected chi connectivity index (χ1v) is 35.3. The SMILES string of the molecule is CN1C(=O)CNC(=O)[C@H](CCCCN)NC(=O)CCSCc2cccc(c2)CSC[C@@H](C(N)=O)NC(=O)[C@@H]2CCCN2C(=O)[C@H](Cc2ccc(O)cc2)NC(=O)[C@H](CC2C=NC=N2)NC(=O)[C@H](CC(=O)O)NC(=O)[C@H](CC2=c3cc(F)ccc3=NC2)NC(=O)[C@@H]1CC1=CN=C2CC=CC=C12. The molecule has 13 N–H and O–H groups in total. The van der Waals surface area contributed by atoms with Crippen molar-refractivity contribution in [3.8, 4) is 5.75 Å². The summed E-state index contributed by atoms with van der Waals surface area (Å²) in [6, 6.07) is 4.71. The normalized spacial score (nSPS) is 24.9. The molecule has 1 unspecified atom stereocenters. The number of nitrogens with one attached hydrogen (secondary N) is 7. The Morgan fingerprint density at radius 2 is 1.51 bits per heavy atom. The second kappa shape index (κ2) is 35.8. The lowest BCUT2D eigenvalue weighted by atomic mass is 9.92. The van der Waals surface area contributed by atoms with E-state index in [-0.39, 0.29) is 63.1 Å². The molecular weight excluding hydrogens is 1330 g/mol. The quantitative estimate of drug-likeness (QED) is 0.0888. The van der Waals surface area contributed by atoms with Gasteiger partial charge in [-0.15, -0.1) is 0 Å². The van der Waals surface area contributed by atoms with Crippen LogP contribution in [-0.2, 0) is 70.7 Å². The van der Waals surface area contributed by atoms with Crippen LogP contribution in [0.2, 0.25) is 0 Å². The van der Waals surface area contributed by atoms with Crippen LogP contribution in [0.5, 0.6) is 5.75 Å². The molecule has 9 atom stereocenters. The third-order valence-electron chi connectivity index (χ3n) is 17.7. The maximum atomic E-state index is 15.3. The number of hydrogen-bond donors (Lipinski definition) is 11. The van der Waals surface area contributed by atoms with Gasteiger partial charge in [-0.05, 0) is 96.8 Å². The van der Waals surface area contributed by atoms with Crippen LogP contribution in [0.3, 0.4) is 0 Å². The van der Waals surface area contributed by atoms with Gasteiger partial charge in [0, 0.05) is 98.3 Å². The molecule has 0 aromatic heterocycles. The lowest BCUT2D eigenvalue weighted by Gasteiger charge is -2.31. The van der Waals surface area contributed by atoms with Gasteiger partial charge in [0.15, 0.2) is 0 Å². The summed E-state index contributed by atoms with van der Waals surface area (Å²) in [5.41, 5.74) is 16.2. The molecule has 5 heterocycles. The van der Waals surface area contributed by atoms with Crippen molar-refractivity contribution in [3.05, 3.63) is 135 Å². The topological polar surface area (TPSA) is 420 Å². The molecule has 0 spiro atoms. The summed E-state index contributed by atoms with van der Waals surface area (Å²) in [4.78, 5) is 177. The maximum Gasteiger partial charge on any atom is 0.305 e. The highest BCUT2D eigenvalue weighted by molar-refractivity contribution is 7.98. The third kappa shape index (κ3) is 20.6. The number of thioether (sulfide) groups is 2. The number of halogens is 1. The van der Waals surface area contributed by atoms with E-state index < -0.39 is 145 Å². The molecule has 3 aromatic rings. The number of aliphatic imine (C=N–C) groups is 3. The first-order valence-electron chi connectivity index (χ1n) is 33.0. The fourth-order valence-corrected chi connectivity index (χ4v) is 14.2. The second-order valence-electron chi connectivity index (χ2n) is 24.9. The van der Waals surface area contributed by atoms with E-state index >= 15 is 14.4 Å². The monoisotopic (exact) mass is 1410 g/mol. The number of carbonyl (C=O) groups excluding carboxylic acids is 10. The maximum absolute atomic E-state index is 15.3. The van der Waals surface area contributed by atoms with E-state index in [0.29, 0.717) is 88.1 Å². The van der Waals surface area contributed by atoms with Crippen molar-refractivity contribution in [2.45, 2.75) is 143 Å². The van der Waals surface area contributed by atoms with Gasteiger partial charge in [0.05, 0.1) is 36.6 Å². The van der Waals surface area contributed by atoms with Crippen LogP contribution in [-0.4, -0.2) is 202 Å². The smallest absolute Gasteiger partial charge is 0.305 e. The predicted octanol–water partition coefficient (Wildman–Crippen LogP) is -0.0634. The number of phenolic OH excluding ortho intramolecular Hbond substituents is 1. The number of allylic oxidation sites excluding steroid dienone is 4. The average molecular weight is 1410 g/mol. The highest BCUT2D eigenvalue weighted by Gasteiger charge is 2.42. The number of aliphatic carboxylic acids is 1. The summed E-state index contributed by atoms with van der Waals surface area (Å²) in [5, 5.41) is 39.9. The summed E-state index contributed by atoms with van der Waals surface area (Å²) in [5.74, 6) is -9.34. The first kappa shape index (κ1) is 74.3. The molecule has 31 heteroatoms. The van der Waals surface area contributed by atoms with Crippen molar-refractivity contribution in [2.24, 2.45) is 31.4 Å². The lowest BCUT2D eigenvalue weighted by Crippen LogP contribution is -2.61. The Morgan fingerprint density at radius 1 is 0.780 bits per heavy atom. The zero-order valence-electron chi connectivity index (χ0n) is 55.1. The molecule has 5 aliphatic heterocycles. The fourth-order valence-electron chi connectivity index (χ4n) is 12.3. The van der Waals surface area contributed by atoms with Crippen LogP contribution in [0.25, 0.3) is 5.57 Å². The first-order chi connectivity index (χ1) is 48.1. The van der Waals surface area contributed by atoms with E-state index in [9.17, 15) is 53.0 Å². The summed E-state index contributed by atoms with van der Waals surface area (Å²) in [7, 11) is 1.33. The number of primary amides is 1. The Morgan fingerprint density at radius 3 is 2.25 bits per heavy atom. The number of phenols is 1. The fraction of sp³-hybridized carbons (Fsp3) is 0.435. The number of hydrogen-bond acceptors (Lipinski definition) is 19. The van der Waals surface area contributed by atoms with Gasteiger partial charge >= 0.3 is 5.97 Å². The van der Waals surface area contributed by atoms with E-state index in [4.69, 9.17) is 11.5 Å². The molecule has 9 rings (SSSR count). The van der Waals surface area contributed by atoms with Crippen molar-refractivity contribution < 1.29 is 67.3 Å². The van der Waals surface area contributed by atoms with Crippen LogP contribution in [0.15, 0.2) is 122 Å². The molecule has 2 bridgehead atoms. The summed E-state index contributed by atoms with van der Waals surface area (Å²) in [6.45, 7) is -0.365. The van der Waals surface area contributed by atoms with Gasteiger partial charge in [0.1, 0.15) is 66.2 Å². The number of rotatable bonds is 15. The number of nitrogens with two attached hydrogens (primary N) is 2. The van der Waals surface area contributed by atoms with E-state index in [1.807, 2.05) is 36.4 Å². The average Bonchev–Trinajstić information content (AvgIpc) is 1.62. The third-order valence-corrected chi connectivity index (χ3v) is 19.8. The number of carboxylic acid groups (broad SMARTS) is 1. The minimum Gasteiger partial charge on any atom is -0.508 e. The molecule has 1 fully saturated rings. The molecular formula is C69H82FN15O13S2. The Labute approximate surface area is 584 Å². The molecule has 530 valence electrons. The van der Waals surface area contributed by atoms with Gasteiger partial charge in [-0.3, -0.25) is 67.7 Å². The van der Waals surface area contributed by atoms with Crippen LogP contribution < -0.4 is 59.3 Å². The number of likely N-dealkylation sites (N-methyl/N-ethyl adjacent to an activating group) is 1. The molecule has 0 radical (unpaired) electrons. The molecule has 1 saturated heterocycles. The Bertz CT molecular complexity index is 3950. The number of benzene rings is 3. The standard InChI is InChI=1S/C69H82FN15O13S2/c1-84-58(27-43-32-74-49-11-3-2-10-47(43)49)68(97)81-52(26-42-31-75-50-19-16-44(70)28-48(42)50)64(93)80-54(30-61(89)90)66(95)79-53(29-45-33-73-38-77-45)65(94)82-55(25-39-14-17-46(86)18-15-39)69(98)85-22-7-13-57(85)67(96)83-56(62(72)91)37-100-36-41-9-6-8-40(24-41)35-99-23-20-59(87)78-51(12-4-5-21-71)63(92)76-34-60(84)88/h2-3,6,8-10,14-19,24,28,32-33,38,45,51-58,86H,4-5,7,11-13,20-23,25-27,29-31,34-37,71H2,1H3,(H2,72,91)(H,76,92)(H,78,87)(H,79,95)(H,80,93)(H,81,97)(H,82,94)(H,83,96)(H,89,90)/t45?,51-,52-,53-,54-,55-,56-,57-,58-/m0/s1. The summed E-state index contributed by atoms with van der Waals surface area (Å²) < 4.78 is 15.0. The highest BCUT2D eigenvalue weighted by Crippen LogP contribution is 2.30. The van der Waals surface area contributed by atoms with E-state index in [0.717, 1.165) is 16.0 Å². The Balaban J connectivity index is 1.05. The van der Waals surface area contributed by atoms with Crippen molar-refractivity contribution in [3.63, 3.8) is 0 Å². The molecule has 28 nitrogen and oxygen atoms in total. The predicted molar refractivity (Wildman–Crippen MR) is 373 cm³/mol. The number of nitrogens with zero attached hydrogens (tertiary/aromatic N) is 6. The lowest BCUT2D eigenvalue weighted by molar-refractivity contribution is -0.143. The summed E-state index contributed by atoms with van der Waals surface area (Å²) >= 11 is 2.82. The number of fused-ring (bicyclic) bond motifs is 5. The van der Waals surface area contributed by atoms with Gasteiger partial charge in [-0.1, -0.05) is 54.6 Å². The second-order valence-corrected chi connectivity index (χ2v) is 27.1. The minimum absolute atomic E-state index is 0.0352. The Hall–Kier alpha value is -9.88. The zero-order valence-corrected chi connectivity index (χ0v) is 56.7. The molecule has 100 heavy (non-hydrogen) atoms. The number of carbonyl (C=O) groups is 11. The minimum atomic E-state index is -2.01. The molecule has 6 aliphatic rings. The van der Waals surface area contributed by atoms with Crippen LogP contribution in [0.4, 0.5) is 4.39 Å². The van der Waals surface area contributed by atoms with Crippen LogP contribution >= 0.6 is 23.5 Å². The largest absolute Gasteiger partial charge is 0.508 e. The van der Waals surface area contributed by atoms with E-state index in [1.165, 1.54) is 90.5 Å². The molecule has 1 aliphatic carbocycles. The van der Waals surface area contributed by atoms with E-state index in [1.54, 1.807) is 12.3 Å². The van der Waals surface area contributed by atoms with Crippen molar-refractivity contribution in [1.82, 2.24) is 47.0 Å². The van der Waals surface area contributed by atoms with Crippen molar-refractivity contribution >= 4 is 112 Å². The van der Waals surface area contributed by atoms with Gasteiger partial charge in [-0.25, -0.2) is 9.38 Å². The van der Waals surface area contributed by atoms with Crippen LogP contribution in [0, 0.1) is 5.82 Å². The molecule has 0 saturated carbocycles. The van der Waals surface area contributed by atoms with Gasteiger partial charge in [-0.2, -0.15) is 23.5 Å². The molecule has 10 amide bonds. The van der Waals surface area contributed by atoms with Crippen molar-refractivity contribution in [2.75, 3.05) is 44.7 Å². The van der Waals surface area contributed by atoms with Gasteiger partial charge in [0.2, 0.25) is 59.1 Å². The van der Waals surface area contributed by atoms with Crippen LogP contribution in [0.1, 0.15) is 87.3 Å². The highest BCUT2D eigenvalue weighted by atomic mass is 32.2. The zero-order chi connectivity index (χ0) is 71.4. The molecule has 3 aromatic carbocycles. The van der Waals surface area contributed by atoms with Gasteiger partial charge in [0.25, 0.3) is 0 Å². The number of unbranched alkanes of at least 4 members (excludes halogenated alkanes) is 1.